The molecular formula is C33H44N4O4S. The van der Waals surface area contributed by atoms with Crippen molar-refractivity contribution in [2.24, 2.45) is 0 Å². The van der Waals surface area contributed by atoms with Crippen LogP contribution in [0.3, 0.4) is 0 Å². The van der Waals surface area contributed by atoms with E-state index in [0.717, 1.165) is 42.8 Å². The van der Waals surface area contributed by atoms with Gasteiger partial charge in [-0.2, -0.15) is 12.7 Å². The van der Waals surface area contributed by atoms with Gasteiger partial charge in [-0.3, -0.25) is 9.59 Å². The van der Waals surface area contributed by atoms with Crippen molar-refractivity contribution in [3.05, 3.63) is 101 Å². The van der Waals surface area contributed by atoms with Crippen LogP contribution >= 0.6 is 0 Å². The van der Waals surface area contributed by atoms with E-state index < -0.39 is 28.7 Å². The first-order valence-corrected chi connectivity index (χ1v) is 15.7. The molecule has 3 rings (SSSR count). The fraction of sp³-hybridized carbons (Fsp3) is 0.394. The Labute approximate surface area is 251 Å². The minimum atomic E-state index is -4.05. The lowest BCUT2D eigenvalue weighted by Crippen LogP contribution is -2.55. The Hall–Kier alpha value is -3.69. The predicted molar refractivity (Wildman–Crippen MR) is 169 cm³/mol. The van der Waals surface area contributed by atoms with Crippen molar-refractivity contribution in [1.29, 1.82) is 0 Å². The molecule has 0 unspecified atom stereocenters. The van der Waals surface area contributed by atoms with Crippen LogP contribution < -0.4 is 9.62 Å². The van der Waals surface area contributed by atoms with Crippen molar-refractivity contribution in [3.63, 3.8) is 0 Å². The number of hydrogen-bond donors (Lipinski definition) is 1. The van der Waals surface area contributed by atoms with Crippen LogP contribution in [0, 0.1) is 20.8 Å². The number of nitrogens with zero attached hydrogens (tertiary/aromatic N) is 3. The van der Waals surface area contributed by atoms with Crippen LogP contribution in [0.1, 0.15) is 48.1 Å². The number of aryl methyl sites for hydroxylation is 3. The van der Waals surface area contributed by atoms with Gasteiger partial charge < -0.3 is 10.2 Å². The van der Waals surface area contributed by atoms with Gasteiger partial charge in [-0.05, 0) is 62.4 Å². The molecule has 0 heterocycles. The molecule has 8 nitrogen and oxygen atoms in total. The van der Waals surface area contributed by atoms with E-state index >= 15 is 0 Å². The summed E-state index contributed by atoms with van der Waals surface area (Å²) in [5, 5.41) is 3.06. The molecule has 9 heteroatoms. The molecule has 0 radical (unpaired) electrons. The highest BCUT2D eigenvalue weighted by Crippen LogP contribution is 2.26. The quantitative estimate of drug-likeness (QED) is 0.309. The zero-order valence-corrected chi connectivity index (χ0v) is 26.6. The molecule has 0 fully saturated rings. The Bertz CT molecular complexity index is 1470. The summed E-state index contributed by atoms with van der Waals surface area (Å²) in [6.45, 7) is 9.27. The minimum Gasteiger partial charge on any atom is -0.352 e. The van der Waals surface area contributed by atoms with Gasteiger partial charge in [0.25, 0.3) is 0 Å². The summed E-state index contributed by atoms with van der Waals surface area (Å²) < 4.78 is 29.5. The fourth-order valence-corrected chi connectivity index (χ4v) is 5.81. The van der Waals surface area contributed by atoms with Crippen LogP contribution in [-0.2, 0) is 32.8 Å². The molecule has 0 saturated heterocycles. The molecule has 0 saturated carbocycles. The SMILES string of the molecule is CC[C@@H](C)NC(=O)[C@@H](Cc1ccccc1)N(Cc1cccc(C)c1)C(=O)CN(c1cc(C)ccc1C)S(=O)(=O)N(C)C. The maximum Gasteiger partial charge on any atom is 0.304 e. The Morgan fingerprint density at radius 1 is 0.857 bits per heavy atom. The molecule has 3 aromatic rings. The fourth-order valence-electron chi connectivity index (χ4n) is 4.69. The number of amides is 2. The van der Waals surface area contributed by atoms with E-state index in [0.29, 0.717) is 5.69 Å². The lowest BCUT2D eigenvalue weighted by molar-refractivity contribution is -0.140. The third-order valence-electron chi connectivity index (χ3n) is 7.36. The first-order chi connectivity index (χ1) is 19.8. The Morgan fingerprint density at radius 3 is 2.12 bits per heavy atom. The minimum absolute atomic E-state index is 0.0905. The monoisotopic (exact) mass is 592 g/mol. The lowest BCUT2D eigenvalue weighted by Gasteiger charge is -2.35. The number of carbonyl (C=O) groups is 2. The van der Waals surface area contributed by atoms with E-state index in [1.165, 1.54) is 19.0 Å². The highest BCUT2D eigenvalue weighted by atomic mass is 32.2. The van der Waals surface area contributed by atoms with Gasteiger partial charge in [0.15, 0.2) is 0 Å². The predicted octanol–water partition coefficient (Wildman–Crippen LogP) is 4.78. The van der Waals surface area contributed by atoms with Crippen LogP contribution in [0.15, 0.2) is 72.8 Å². The third kappa shape index (κ3) is 8.42. The van der Waals surface area contributed by atoms with Crippen LogP contribution in [0.4, 0.5) is 5.69 Å². The van der Waals surface area contributed by atoms with Gasteiger partial charge in [0.1, 0.15) is 12.6 Å². The van der Waals surface area contributed by atoms with E-state index in [9.17, 15) is 18.0 Å². The van der Waals surface area contributed by atoms with Crippen LogP contribution in [0.5, 0.6) is 0 Å². The molecule has 42 heavy (non-hydrogen) atoms. The van der Waals surface area contributed by atoms with E-state index in [1.807, 2.05) is 101 Å². The smallest absolute Gasteiger partial charge is 0.304 e. The van der Waals surface area contributed by atoms with Gasteiger partial charge in [0, 0.05) is 33.1 Å². The van der Waals surface area contributed by atoms with Gasteiger partial charge in [-0.25, -0.2) is 4.31 Å². The van der Waals surface area contributed by atoms with Crippen LogP contribution in [0.2, 0.25) is 0 Å². The molecular weight excluding hydrogens is 548 g/mol. The molecule has 2 amide bonds. The zero-order valence-electron chi connectivity index (χ0n) is 25.8. The number of anilines is 1. The summed E-state index contributed by atoms with van der Waals surface area (Å²) in [5.74, 6) is -0.744. The van der Waals surface area contributed by atoms with Crippen molar-refractivity contribution in [2.75, 3.05) is 24.9 Å². The summed E-state index contributed by atoms with van der Waals surface area (Å²) >= 11 is 0. The van der Waals surface area contributed by atoms with Crippen LogP contribution in [0.25, 0.3) is 0 Å². The summed E-state index contributed by atoms with van der Waals surface area (Å²) in [7, 11) is -1.16. The van der Waals surface area contributed by atoms with Crippen LogP contribution in [-0.4, -0.2) is 62.2 Å². The van der Waals surface area contributed by atoms with E-state index in [1.54, 1.807) is 6.07 Å². The van der Waals surface area contributed by atoms with Gasteiger partial charge in [-0.15, -0.1) is 0 Å². The average molecular weight is 593 g/mol. The van der Waals surface area contributed by atoms with Gasteiger partial charge >= 0.3 is 10.2 Å². The molecule has 2 atom stereocenters. The molecule has 0 spiro atoms. The number of benzene rings is 3. The Morgan fingerprint density at radius 2 is 1.50 bits per heavy atom. The Balaban J connectivity index is 2.13. The molecule has 0 aliphatic heterocycles. The van der Waals surface area contributed by atoms with Gasteiger partial charge in [0.05, 0.1) is 5.69 Å². The van der Waals surface area contributed by atoms with Crippen molar-refractivity contribution < 1.29 is 18.0 Å². The van der Waals surface area contributed by atoms with Crippen molar-refractivity contribution in [3.8, 4) is 0 Å². The maximum atomic E-state index is 14.4. The first-order valence-electron chi connectivity index (χ1n) is 14.3. The normalized spacial score (nSPS) is 13.0. The Kier molecular flexibility index (Phi) is 11.3. The average Bonchev–Trinajstić information content (AvgIpc) is 2.95. The number of rotatable bonds is 13. The summed E-state index contributed by atoms with van der Waals surface area (Å²) in [6.07, 6.45) is 1.02. The van der Waals surface area contributed by atoms with Crippen molar-refractivity contribution >= 4 is 27.7 Å². The summed E-state index contributed by atoms with van der Waals surface area (Å²) in [6, 6.07) is 21.9. The lowest BCUT2D eigenvalue weighted by atomic mass is 10.0. The first kappa shape index (κ1) is 32.8. The molecule has 0 bridgehead atoms. The second-order valence-corrected chi connectivity index (χ2v) is 13.2. The standard InChI is InChI=1S/C33H44N4O4S/c1-8-27(5)34-33(39)31(21-28-14-10-9-11-15-28)36(22-29-16-12-13-24(2)19-29)32(38)23-37(42(40,41)35(6)7)30-20-25(3)17-18-26(30)4/h9-20,27,31H,8,21-23H2,1-7H3,(H,34,39)/t27-,31-/m1/s1. The second kappa shape index (κ2) is 14.5. The number of carbonyl (C=O) groups excluding carboxylic acids is 2. The third-order valence-corrected chi connectivity index (χ3v) is 9.17. The molecule has 0 aromatic heterocycles. The van der Waals surface area contributed by atoms with E-state index in [2.05, 4.69) is 5.32 Å². The topological polar surface area (TPSA) is 90.0 Å². The van der Waals surface area contributed by atoms with Crippen molar-refractivity contribution in [2.45, 2.75) is 66.1 Å². The largest absolute Gasteiger partial charge is 0.352 e. The molecule has 226 valence electrons. The second-order valence-electron chi connectivity index (χ2n) is 11.1. The zero-order chi connectivity index (χ0) is 31.0. The molecule has 0 aliphatic carbocycles. The molecule has 1 N–H and O–H groups in total. The highest BCUT2D eigenvalue weighted by Gasteiger charge is 2.35. The number of nitrogens with one attached hydrogen (secondary N) is 1. The van der Waals surface area contributed by atoms with Crippen molar-refractivity contribution in [1.82, 2.24) is 14.5 Å². The highest BCUT2D eigenvalue weighted by molar-refractivity contribution is 7.90. The molecule has 0 aliphatic rings. The van der Waals surface area contributed by atoms with Gasteiger partial charge in [0.2, 0.25) is 11.8 Å². The van der Waals surface area contributed by atoms with E-state index in [-0.39, 0.29) is 24.9 Å². The summed E-state index contributed by atoms with van der Waals surface area (Å²) in [4.78, 5) is 29.8. The molecule has 3 aromatic carbocycles. The van der Waals surface area contributed by atoms with E-state index in [4.69, 9.17) is 0 Å². The number of hydrogen-bond acceptors (Lipinski definition) is 4. The summed E-state index contributed by atoms with van der Waals surface area (Å²) in [5.41, 5.74) is 4.79. The maximum absolute atomic E-state index is 14.4. The van der Waals surface area contributed by atoms with Gasteiger partial charge in [-0.1, -0.05) is 79.2 Å².